The number of nitrogens with two attached hydrogens (primary N) is 1. The lowest BCUT2D eigenvalue weighted by Crippen LogP contribution is -2.27. The van der Waals surface area contributed by atoms with Gasteiger partial charge in [-0.1, -0.05) is 20.8 Å². The summed E-state index contributed by atoms with van der Waals surface area (Å²) in [6.07, 6.45) is -0.984. The van der Waals surface area contributed by atoms with Crippen LogP contribution in [0.3, 0.4) is 0 Å². The first-order valence-electron chi connectivity index (χ1n) is 2.94. The summed E-state index contributed by atoms with van der Waals surface area (Å²) in [5, 5.41) is 0. The molecule has 0 aromatic heterocycles. The molecule has 0 rings (SSSR count). The molecule has 0 aromatic carbocycles. The average molecular weight is 135 g/mol. The van der Waals surface area contributed by atoms with Crippen molar-refractivity contribution in [3.8, 4) is 0 Å². The highest BCUT2D eigenvalue weighted by Gasteiger charge is 2.23. The zero-order valence-corrected chi connectivity index (χ0v) is 6.15. The predicted octanol–water partition coefficient (Wildman–Crippen LogP) is 1.26. The highest BCUT2D eigenvalue weighted by molar-refractivity contribution is 4.71. The van der Waals surface area contributed by atoms with Crippen molar-refractivity contribution in [3.63, 3.8) is 0 Å². The quantitative estimate of drug-likeness (QED) is 0.578. The fourth-order valence-corrected chi connectivity index (χ4v) is 0.334. The van der Waals surface area contributed by atoms with Crippen LogP contribution in [0.4, 0.5) is 4.39 Å². The van der Waals surface area contributed by atoms with Crippen LogP contribution in [0.1, 0.15) is 20.8 Å². The van der Waals surface area contributed by atoms with Gasteiger partial charge in [0.25, 0.3) is 0 Å². The second-order valence-corrected chi connectivity index (χ2v) is 3.17. The monoisotopic (exact) mass is 135 g/mol. The summed E-state index contributed by atoms with van der Waals surface area (Å²) in [6.45, 7) is 5.38. The Balaban J connectivity index is 3.59. The minimum Gasteiger partial charge on any atom is -0.302 e. The number of hydrogen-bond acceptors (Lipinski definition) is 2. The van der Waals surface area contributed by atoms with Crippen molar-refractivity contribution in [1.82, 2.24) is 0 Å². The van der Waals surface area contributed by atoms with E-state index in [0.717, 1.165) is 0 Å². The van der Waals surface area contributed by atoms with Gasteiger partial charge >= 0.3 is 0 Å². The number of alkyl halides is 1. The van der Waals surface area contributed by atoms with E-state index in [1.807, 2.05) is 0 Å². The molecule has 2 nitrogen and oxygen atoms in total. The molecule has 0 aliphatic heterocycles. The lowest BCUT2D eigenvalue weighted by atomic mass is 9.91. The molecule has 0 amide bonds. The van der Waals surface area contributed by atoms with Gasteiger partial charge in [0.05, 0.1) is 6.61 Å². The van der Waals surface area contributed by atoms with Crippen molar-refractivity contribution < 1.29 is 9.23 Å². The van der Waals surface area contributed by atoms with E-state index in [1.165, 1.54) is 0 Å². The number of halogens is 1. The summed E-state index contributed by atoms with van der Waals surface area (Å²) in [4.78, 5) is 4.16. The van der Waals surface area contributed by atoms with Crippen LogP contribution in [0.25, 0.3) is 0 Å². The van der Waals surface area contributed by atoms with Gasteiger partial charge in [0.2, 0.25) is 0 Å². The molecule has 0 aliphatic rings. The van der Waals surface area contributed by atoms with E-state index in [1.54, 1.807) is 20.8 Å². The van der Waals surface area contributed by atoms with Crippen molar-refractivity contribution in [2.24, 2.45) is 11.3 Å². The van der Waals surface area contributed by atoms with Crippen molar-refractivity contribution >= 4 is 0 Å². The molecule has 0 aliphatic carbocycles. The Morgan fingerprint density at radius 1 is 1.56 bits per heavy atom. The molecular weight excluding hydrogens is 121 g/mol. The molecule has 56 valence electrons. The van der Waals surface area contributed by atoms with Gasteiger partial charge in [-0.05, 0) is 5.41 Å². The summed E-state index contributed by atoms with van der Waals surface area (Å²) in [5.41, 5.74) is -0.362. The van der Waals surface area contributed by atoms with Crippen LogP contribution in [-0.2, 0) is 4.84 Å². The summed E-state index contributed by atoms with van der Waals surface area (Å²) < 4.78 is 12.7. The third-order valence-electron chi connectivity index (χ3n) is 1.18. The zero-order valence-electron chi connectivity index (χ0n) is 6.15. The van der Waals surface area contributed by atoms with Crippen LogP contribution in [0.2, 0.25) is 0 Å². The van der Waals surface area contributed by atoms with E-state index in [9.17, 15) is 4.39 Å². The lowest BCUT2D eigenvalue weighted by Gasteiger charge is -2.21. The summed E-state index contributed by atoms with van der Waals surface area (Å²) in [5.74, 6) is 4.69. The molecule has 1 atom stereocenters. The van der Waals surface area contributed by atoms with E-state index in [-0.39, 0.29) is 12.0 Å². The maximum Gasteiger partial charge on any atom is 0.130 e. The van der Waals surface area contributed by atoms with Crippen LogP contribution in [0, 0.1) is 5.41 Å². The van der Waals surface area contributed by atoms with Crippen molar-refractivity contribution in [3.05, 3.63) is 0 Å². The van der Waals surface area contributed by atoms with E-state index in [0.29, 0.717) is 0 Å². The Labute approximate surface area is 55.1 Å². The first-order chi connectivity index (χ1) is 3.98. The van der Waals surface area contributed by atoms with Gasteiger partial charge < -0.3 is 4.84 Å². The van der Waals surface area contributed by atoms with Crippen LogP contribution in [-0.4, -0.2) is 12.8 Å². The first kappa shape index (κ1) is 8.85. The highest BCUT2D eigenvalue weighted by atomic mass is 19.1. The zero-order chi connectivity index (χ0) is 7.49. The maximum absolute atomic E-state index is 12.7. The molecule has 1 unspecified atom stereocenters. The molecule has 0 saturated heterocycles. The van der Waals surface area contributed by atoms with Crippen molar-refractivity contribution in [2.45, 2.75) is 26.9 Å². The molecule has 0 spiro atoms. The average Bonchev–Trinajstić information content (AvgIpc) is 1.64. The second-order valence-electron chi connectivity index (χ2n) is 3.17. The maximum atomic E-state index is 12.7. The minimum atomic E-state index is -0.984. The predicted molar refractivity (Wildman–Crippen MR) is 34.5 cm³/mol. The fourth-order valence-electron chi connectivity index (χ4n) is 0.334. The summed E-state index contributed by atoms with van der Waals surface area (Å²) >= 11 is 0. The summed E-state index contributed by atoms with van der Waals surface area (Å²) in [7, 11) is 0. The van der Waals surface area contributed by atoms with Gasteiger partial charge in [-0.3, -0.25) is 0 Å². The standard InChI is InChI=1S/C6H14FNO/c1-6(2,3)5(7)4-9-8/h5H,4,8H2,1-3H3. The highest BCUT2D eigenvalue weighted by Crippen LogP contribution is 2.21. The van der Waals surface area contributed by atoms with Crippen LogP contribution < -0.4 is 5.90 Å². The lowest BCUT2D eigenvalue weighted by molar-refractivity contribution is 0.0313. The van der Waals surface area contributed by atoms with E-state index >= 15 is 0 Å². The Morgan fingerprint density at radius 2 is 2.00 bits per heavy atom. The molecule has 3 heteroatoms. The van der Waals surface area contributed by atoms with Crippen LogP contribution in [0.15, 0.2) is 0 Å². The van der Waals surface area contributed by atoms with Crippen LogP contribution in [0.5, 0.6) is 0 Å². The molecule has 0 bridgehead atoms. The fraction of sp³-hybridized carbons (Fsp3) is 1.00. The van der Waals surface area contributed by atoms with Gasteiger partial charge in [0, 0.05) is 0 Å². The topological polar surface area (TPSA) is 35.2 Å². The molecule has 2 N–H and O–H groups in total. The third-order valence-corrected chi connectivity index (χ3v) is 1.18. The van der Waals surface area contributed by atoms with E-state index < -0.39 is 6.17 Å². The molecule has 9 heavy (non-hydrogen) atoms. The van der Waals surface area contributed by atoms with Crippen LogP contribution >= 0.6 is 0 Å². The molecule has 0 aromatic rings. The van der Waals surface area contributed by atoms with Gasteiger partial charge in [-0.25, -0.2) is 10.3 Å². The molecular formula is C6H14FNO. The summed E-state index contributed by atoms with van der Waals surface area (Å²) in [6, 6.07) is 0. The Morgan fingerprint density at radius 3 is 2.11 bits per heavy atom. The smallest absolute Gasteiger partial charge is 0.130 e. The molecule has 0 heterocycles. The van der Waals surface area contributed by atoms with Crippen molar-refractivity contribution in [1.29, 1.82) is 0 Å². The SMILES string of the molecule is CC(C)(C)C(F)CON. The molecule has 0 fully saturated rings. The van der Waals surface area contributed by atoms with Crippen molar-refractivity contribution in [2.75, 3.05) is 6.61 Å². The Hall–Kier alpha value is -0.150. The van der Waals surface area contributed by atoms with E-state index in [2.05, 4.69) is 10.7 Å². The van der Waals surface area contributed by atoms with Gasteiger partial charge in [-0.15, -0.1) is 0 Å². The molecule has 0 saturated carbocycles. The van der Waals surface area contributed by atoms with Gasteiger partial charge in [0.15, 0.2) is 0 Å². The Bertz CT molecular complexity index is 79.6. The normalized spacial score (nSPS) is 15.7. The van der Waals surface area contributed by atoms with Gasteiger partial charge in [0.1, 0.15) is 6.17 Å². The largest absolute Gasteiger partial charge is 0.302 e. The first-order valence-corrected chi connectivity index (χ1v) is 2.94. The second kappa shape index (κ2) is 3.13. The third kappa shape index (κ3) is 3.43. The minimum absolute atomic E-state index is 0.0243. The van der Waals surface area contributed by atoms with Gasteiger partial charge in [-0.2, -0.15) is 0 Å². The van der Waals surface area contributed by atoms with E-state index in [4.69, 9.17) is 0 Å². The number of hydrogen-bond donors (Lipinski definition) is 1. The Kier molecular flexibility index (Phi) is 3.08. The number of rotatable bonds is 2. The molecule has 0 radical (unpaired) electrons.